The van der Waals surface area contributed by atoms with Crippen LogP contribution < -0.4 is 0 Å². The lowest BCUT2D eigenvalue weighted by atomic mass is 9.74. The molecule has 3 unspecified atom stereocenters. The average molecular weight is 270 g/mol. The minimum absolute atomic E-state index is 0.0150. The van der Waals surface area contributed by atoms with Crippen molar-refractivity contribution < 1.29 is 8.42 Å². The van der Waals surface area contributed by atoms with E-state index in [1.54, 1.807) is 0 Å². The molecule has 1 fully saturated rings. The van der Waals surface area contributed by atoms with Gasteiger partial charge in [-0.15, -0.1) is 0 Å². The number of hydrogen-bond acceptors (Lipinski definition) is 2. The highest BCUT2D eigenvalue weighted by atomic mass is 32.2. The van der Waals surface area contributed by atoms with Crippen LogP contribution in [-0.4, -0.2) is 13.7 Å². The first-order chi connectivity index (χ1) is 9.19. The predicted octanol–water partition coefficient (Wildman–Crippen LogP) is 2.85. The largest absolute Gasteiger partial charge is 0.223 e. The smallest absolute Gasteiger partial charge is 0.182 e. The number of allylic oxidation sites excluding steroid dienone is 11. The van der Waals surface area contributed by atoms with Gasteiger partial charge in [-0.3, -0.25) is 0 Å². The summed E-state index contributed by atoms with van der Waals surface area (Å²) < 4.78 is 25.2. The second-order valence-corrected chi connectivity index (χ2v) is 7.48. The van der Waals surface area contributed by atoms with E-state index in [0.717, 1.165) is 5.57 Å². The molecule has 1 saturated heterocycles. The molecule has 0 saturated carbocycles. The van der Waals surface area contributed by atoms with Gasteiger partial charge < -0.3 is 0 Å². The minimum Gasteiger partial charge on any atom is -0.223 e. The van der Waals surface area contributed by atoms with Crippen LogP contribution in [0.15, 0.2) is 70.7 Å². The summed E-state index contributed by atoms with van der Waals surface area (Å²) in [5.41, 5.74) is 2.28. The average Bonchev–Trinajstić information content (AvgIpc) is 2.68. The standard InChI is InChI=1S/C16H14O2S/c17-19(18)14-8-4-3-7-13(14)16-12-6-2-1-5-11(12)9-10-15(16)19/h1-7,9-10,12,14,16H,8H2. The third-order valence-corrected chi connectivity index (χ3v) is 6.68. The van der Waals surface area contributed by atoms with Gasteiger partial charge in [-0.2, -0.15) is 0 Å². The summed E-state index contributed by atoms with van der Waals surface area (Å²) >= 11 is 0. The molecular formula is C16H14O2S. The molecule has 0 N–H and O–H groups in total. The molecule has 0 bridgehead atoms. The van der Waals surface area contributed by atoms with E-state index in [9.17, 15) is 8.42 Å². The summed E-state index contributed by atoms with van der Waals surface area (Å²) in [6, 6.07) is 0. The van der Waals surface area contributed by atoms with E-state index in [1.165, 1.54) is 5.57 Å². The van der Waals surface area contributed by atoms with Crippen LogP contribution in [0.25, 0.3) is 0 Å². The number of hydrogen-bond donors (Lipinski definition) is 0. The Labute approximate surface area is 113 Å². The molecule has 4 rings (SSSR count). The van der Waals surface area contributed by atoms with E-state index < -0.39 is 9.84 Å². The first-order valence-electron chi connectivity index (χ1n) is 6.57. The molecule has 19 heavy (non-hydrogen) atoms. The van der Waals surface area contributed by atoms with E-state index in [0.29, 0.717) is 11.3 Å². The van der Waals surface area contributed by atoms with Crippen molar-refractivity contribution in [1.29, 1.82) is 0 Å². The third-order valence-electron chi connectivity index (χ3n) is 4.42. The van der Waals surface area contributed by atoms with Gasteiger partial charge in [0.25, 0.3) is 0 Å². The van der Waals surface area contributed by atoms with E-state index >= 15 is 0 Å². The molecule has 1 aliphatic heterocycles. The first-order valence-corrected chi connectivity index (χ1v) is 8.11. The molecule has 0 radical (unpaired) electrons. The van der Waals surface area contributed by atoms with Crippen LogP contribution in [-0.2, 0) is 9.84 Å². The Hall–Kier alpha value is -1.61. The highest BCUT2D eigenvalue weighted by Crippen LogP contribution is 2.51. The Balaban J connectivity index is 1.95. The molecular weight excluding hydrogens is 256 g/mol. The van der Waals surface area contributed by atoms with Crippen molar-refractivity contribution in [3.8, 4) is 0 Å². The van der Waals surface area contributed by atoms with Crippen LogP contribution in [0.1, 0.15) is 6.42 Å². The Morgan fingerprint density at radius 2 is 1.95 bits per heavy atom. The van der Waals surface area contributed by atoms with Crippen LogP contribution in [0.3, 0.4) is 0 Å². The van der Waals surface area contributed by atoms with E-state index in [-0.39, 0.29) is 17.1 Å². The molecule has 96 valence electrons. The Morgan fingerprint density at radius 1 is 1.05 bits per heavy atom. The molecule has 0 aromatic carbocycles. The van der Waals surface area contributed by atoms with Crippen molar-refractivity contribution in [2.75, 3.05) is 0 Å². The lowest BCUT2D eigenvalue weighted by Crippen LogP contribution is -2.20. The topological polar surface area (TPSA) is 34.1 Å². The maximum atomic E-state index is 12.6. The lowest BCUT2D eigenvalue weighted by molar-refractivity contribution is 0.591. The van der Waals surface area contributed by atoms with Gasteiger partial charge in [-0.25, -0.2) is 8.42 Å². The Bertz CT molecular complexity index is 727. The zero-order chi connectivity index (χ0) is 13.0. The Kier molecular flexibility index (Phi) is 2.19. The Morgan fingerprint density at radius 3 is 2.84 bits per heavy atom. The van der Waals surface area contributed by atoms with Crippen molar-refractivity contribution in [3.63, 3.8) is 0 Å². The van der Waals surface area contributed by atoms with Gasteiger partial charge in [-0.05, 0) is 23.6 Å². The normalized spacial score (nSPS) is 36.8. The second-order valence-electron chi connectivity index (χ2n) is 5.35. The van der Waals surface area contributed by atoms with E-state index in [2.05, 4.69) is 12.2 Å². The molecule has 4 aliphatic rings. The van der Waals surface area contributed by atoms with Crippen LogP contribution >= 0.6 is 0 Å². The molecule has 1 heterocycles. The van der Waals surface area contributed by atoms with E-state index in [1.807, 2.05) is 42.5 Å². The fourth-order valence-electron chi connectivity index (χ4n) is 3.54. The molecule has 2 nitrogen and oxygen atoms in total. The highest BCUT2D eigenvalue weighted by molar-refractivity contribution is 7.96. The zero-order valence-electron chi connectivity index (χ0n) is 10.4. The molecule has 0 spiro atoms. The summed E-state index contributed by atoms with van der Waals surface area (Å²) in [4.78, 5) is 0.612. The van der Waals surface area contributed by atoms with Gasteiger partial charge in [0.2, 0.25) is 0 Å². The maximum absolute atomic E-state index is 12.6. The van der Waals surface area contributed by atoms with Gasteiger partial charge in [0.15, 0.2) is 9.84 Å². The molecule has 0 amide bonds. The highest BCUT2D eigenvalue weighted by Gasteiger charge is 2.50. The van der Waals surface area contributed by atoms with Crippen molar-refractivity contribution in [1.82, 2.24) is 0 Å². The summed E-state index contributed by atoms with van der Waals surface area (Å²) in [5.74, 6) is 0.198. The van der Waals surface area contributed by atoms with Crippen LogP contribution in [0, 0.1) is 11.8 Å². The second kappa shape index (κ2) is 3.70. The van der Waals surface area contributed by atoms with Crippen LogP contribution in [0.4, 0.5) is 0 Å². The maximum Gasteiger partial charge on any atom is 0.182 e. The van der Waals surface area contributed by atoms with Crippen LogP contribution in [0.2, 0.25) is 0 Å². The SMILES string of the molecule is O=S1(=O)C2=CC=C3C=CC=CC3C2C2=CC=CCC21. The van der Waals surface area contributed by atoms with Crippen molar-refractivity contribution in [2.24, 2.45) is 11.8 Å². The van der Waals surface area contributed by atoms with Gasteiger partial charge in [0, 0.05) is 11.8 Å². The lowest BCUT2D eigenvalue weighted by Gasteiger charge is -2.28. The summed E-state index contributed by atoms with van der Waals surface area (Å²) in [7, 11) is -3.16. The summed E-state index contributed by atoms with van der Waals surface area (Å²) in [6.07, 6.45) is 18.6. The van der Waals surface area contributed by atoms with Gasteiger partial charge in [0.05, 0.1) is 10.2 Å². The molecule has 3 aliphatic carbocycles. The summed E-state index contributed by atoms with van der Waals surface area (Å²) in [6.45, 7) is 0. The molecule has 3 heteroatoms. The molecule has 0 aromatic rings. The van der Waals surface area contributed by atoms with Crippen LogP contribution in [0.5, 0.6) is 0 Å². The van der Waals surface area contributed by atoms with Crippen molar-refractivity contribution >= 4 is 9.84 Å². The van der Waals surface area contributed by atoms with Gasteiger partial charge >= 0.3 is 0 Å². The third kappa shape index (κ3) is 1.39. The van der Waals surface area contributed by atoms with E-state index in [4.69, 9.17) is 0 Å². The monoisotopic (exact) mass is 270 g/mol. The fraction of sp³-hybridized carbons (Fsp3) is 0.250. The van der Waals surface area contributed by atoms with Crippen molar-refractivity contribution in [2.45, 2.75) is 11.7 Å². The minimum atomic E-state index is -3.16. The predicted molar refractivity (Wildman–Crippen MR) is 76.0 cm³/mol. The first kappa shape index (κ1) is 11.2. The number of rotatable bonds is 0. The quantitative estimate of drug-likeness (QED) is 0.678. The number of fused-ring (bicyclic) bond motifs is 5. The van der Waals surface area contributed by atoms with Crippen molar-refractivity contribution in [3.05, 3.63) is 70.7 Å². The molecule has 0 aromatic heterocycles. The fourth-order valence-corrected chi connectivity index (χ4v) is 5.71. The summed E-state index contributed by atoms with van der Waals surface area (Å²) in [5, 5.41) is -0.333. The number of sulfone groups is 1. The zero-order valence-corrected chi connectivity index (χ0v) is 11.2. The molecule has 3 atom stereocenters. The van der Waals surface area contributed by atoms with Gasteiger partial charge in [-0.1, -0.05) is 48.6 Å². The van der Waals surface area contributed by atoms with Gasteiger partial charge in [0.1, 0.15) is 0 Å².